The van der Waals surface area contributed by atoms with Crippen molar-refractivity contribution in [2.45, 2.75) is 43.8 Å². The summed E-state index contributed by atoms with van der Waals surface area (Å²) in [7, 11) is 1.21. The molecule has 0 aliphatic heterocycles. The molecule has 50 heavy (non-hydrogen) atoms. The molecule has 1 saturated carbocycles. The molecule has 10 heteroatoms. The van der Waals surface area contributed by atoms with Crippen LogP contribution in [-0.4, -0.2) is 62.3 Å². The maximum Gasteiger partial charge on any atom is 0.407 e. The van der Waals surface area contributed by atoms with Crippen LogP contribution in [0.4, 0.5) is 10.5 Å². The zero-order valence-corrected chi connectivity index (χ0v) is 27.8. The van der Waals surface area contributed by atoms with Crippen LogP contribution >= 0.6 is 0 Å². The number of benzene rings is 4. The van der Waals surface area contributed by atoms with Crippen LogP contribution in [0.2, 0.25) is 0 Å². The van der Waals surface area contributed by atoms with Crippen molar-refractivity contribution in [1.29, 1.82) is 0 Å². The molecule has 254 valence electrons. The number of hydrogen-bond acceptors (Lipinski definition) is 7. The van der Waals surface area contributed by atoms with Gasteiger partial charge >= 0.3 is 12.1 Å². The summed E-state index contributed by atoms with van der Waals surface area (Å²) in [5.74, 6) is 4.70. The molecule has 2 unspecified atom stereocenters. The first-order chi connectivity index (χ1) is 24.3. The second kappa shape index (κ2) is 15.5. The van der Waals surface area contributed by atoms with Gasteiger partial charge in [-0.25, -0.2) is 9.59 Å². The van der Waals surface area contributed by atoms with Gasteiger partial charge in [-0.2, -0.15) is 0 Å². The van der Waals surface area contributed by atoms with E-state index in [-0.39, 0.29) is 18.4 Å². The normalized spacial score (nSPS) is 14.1. The molecule has 0 bridgehead atoms. The van der Waals surface area contributed by atoms with Gasteiger partial charge in [-0.05, 0) is 90.6 Å². The summed E-state index contributed by atoms with van der Waals surface area (Å²) >= 11 is 0. The monoisotopic (exact) mass is 670 g/mol. The highest BCUT2D eigenvalue weighted by molar-refractivity contribution is 5.97. The average Bonchev–Trinajstić information content (AvgIpc) is 3.92. The number of ether oxygens (including phenoxy) is 2. The van der Waals surface area contributed by atoms with Crippen molar-refractivity contribution in [3.05, 3.63) is 125 Å². The SMILES string of the molecule is COC(=O)C(NC(=O)c1ccc(C#Cc2ccc(NC(=O)CNC3CC3)cc2)cc1)C(C)NC(=O)OCC1c2ccccc2-c2ccccc21. The van der Waals surface area contributed by atoms with Crippen LogP contribution in [-0.2, 0) is 19.1 Å². The molecule has 3 amide bonds. The maximum absolute atomic E-state index is 13.1. The smallest absolute Gasteiger partial charge is 0.407 e. The van der Waals surface area contributed by atoms with E-state index in [0.717, 1.165) is 40.7 Å². The van der Waals surface area contributed by atoms with E-state index >= 15 is 0 Å². The Morgan fingerprint density at radius 1 is 0.780 bits per heavy atom. The van der Waals surface area contributed by atoms with E-state index in [9.17, 15) is 19.2 Å². The van der Waals surface area contributed by atoms with Crippen molar-refractivity contribution in [1.82, 2.24) is 16.0 Å². The Bertz CT molecular complexity index is 1900. The summed E-state index contributed by atoms with van der Waals surface area (Å²) in [6.07, 6.45) is 1.53. The molecule has 4 N–H and O–H groups in total. The lowest BCUT2D eigenvalue weighted by atomic mass is 9.98. The van der Waals surface area contributed by atoms with Gasteiger partial charge in [0, 0.05) is 34.3 Å². The molecular formula is C40H38N4O6. The fraction of sp³-hybridized carbons (Fsp3) is 0.250. The predicted molar refractivity (Wildman–Crippen MR) is 189 cm³/mol. The zero-order chi connectivity index (χ0) is 35.0. The molecule has 2 atom stereocenters. The fourth-order valence-electron chi connectivity index (χ4n) is 5.86. The number of esters is 1. The lowest BCUT2D eigenvalue weighted by Crippen LogP contribution is -2.54. The van der Waals surface area contributed by atoms with Crippen LogP contribution < -0.4 is 21.3 Å². The highest BCUT2D eigenvalue weighted by Crippen LogP contribution is 2.44. The summed E-state index contributed by atoms with van der Waals surface area (Å²) in [6.45, 7) is 1.99. The number of anilines is 1. The molecule has 0 saturated heterocycles. The molecule has 0 heterocycles. The maximum atomic E-state index is 13.1. The van der Waals surface area contributed by atoms with E-state index < -0.39 is 30.1 Å². The minimum atomic E-state index is -1.17. The van der Waals surface area contributed by atoms with Crippen molar-refractivity contribution in [3.8, 4) is 23.0 Å². The number of methoxy groups -OCH3 is 1. The van der Waals surface area contributed by atoms with Crippen molar-refractivity contribution >= 4 is 29.6 Å². The van der Waals surface area contributed by atoms with Crippen LogP contribution in [0.3, 0.4) is 0 Å². The highest BCUT2D eigenvalue weighted by Gasteiger charge is 2.32. The van der Waals surface area contributed by atoms with Gasteiger partial charge in [-0.3, -0.25) is 9.59 Å². The first kappa shape index (κ1) is 34.0. The van der Waals surface area contributed by atoms with Gasteiger partial charge in [-0.1, -0.05) is 60.4 Å². The van der Waals surface area contributed by atoms with E-state index in [1.165, 1.54) is 7.11 Å². The van der Waals surface area contributed by atoms with Crippen molar-refractivity contribution in [3.63, 3.8) is 0 Å². The number of carbonyl (C=O) groups is 4. The highest BCUT2D eigenvalue weighted by atomic mass is 16.5. The van der Waals surface area contributed by atoms with Crippen LogP contribution in [0.1, 0.15) is 58.3 Å². The second-order valence-electron chi connectivity index (χ2n) is 12.3. The third-order valence-electron chi connectivity index (χ3n) is 8.73. The van der Waals surface area contributed by atoms with Crippen molar-refractivity contribution < 1.29 is 28.7 Å². The largest absolute Gasteiger partial charge is 0.467 e. The molecule has 4 aromatic rings. The van der Waals surface area contributed by atoms with Gasteiger partial charge in [0.25, 0.3) is 5.91 Å². The predicted octanol–water partition coefficient (Wildman–Crippen LogP) is 4.98. The minimum Gasteiger partial charge on any atom is -0.467 e. The Balaban J connectivity index is 1.01. The summed E-state index contributed by atoms with van der Waals surface area (Å²) in [6, 6.07) is 28.4. The number of carbonyl (C=O) groups excluding carboxylic acids is 4. The van der Waals surface area contributed by atoms with Gasteiger partial charge in [0.1, 0.15) is 12.6 Å². The summed E-state index contributed by atoms with van der Waals surface area (Å²) < 4.78 is 10.5. The quantitative estimate of drug-likeness (QED) is 0.131. The number of amides is 3. The third kappa shape index (κ3) is 8.38. The first-order valence-corrected chi connectivity index (χ1v) is 16.5. The van der Waals surface area contributed by atoms with Crippen LogP contribution in [0, 0.1) is 11.8 Å². The third-order valence-corrected chi connectivity index (χ3v) is 8.73. The van der Waals surface area contributed by atoms with Crippen molar-refractivity contribution in [2.24, 2.45) is 0 Å². The van der Waals surface area contributed by atoms with Crippen LogP contribution in [0.25, 0.3) is 11.1 Å². The lowest BCUT2D eigenvalue weighted by molar-refractivity contribution is -0.143. The lowest BCUT2D eigenvalue weighted by Gasteiger charge is -2.24. The molecule has 10 nitrogen and oxygen atoms in total. The Kier molecular flexibility index (Phi) is 10.6. The van der Waals surface area contributed by atoms with Crippen LogP contribution in [0.5, 0.6) is 0 Å². The van der Waals surface area contributed by atoms with E-state index in [1.54, 1.807) is 43.3 Å². The topological polar surface area (TPSA) is 135 Å². The number of fused-ring (bicyclic) bond motifs is 3. The minimum absolute atomic E-state index is 0.0842. The number of hydrogen-bond donors (Lipinski definition) is 4. The number of alkyl carbamates (subject to hydrolysis) is 1. The Morgan fingerprint density at radius 2 is 1.36 bits per heavy atom. The van der Waals surface area contributed by atoms with Gasteiger partial charge in [0.15, 0.2) is 0 Å². The molecule has 1 fully saturated rings. The molecule has 0 radical (unpaired) electrons. The molecule has 2 aliphatic carbocycles. The van der Waals surface area contributed by atoms with Gasteiger partial charge in [-0.15, -0.1) is 0 Å². The van der Waals surface area contributed by atoms with E-state index in [4.69, 9.17) is 9.47 Å². The zero-order valence-electron chi connectivity index (χ0n) is 27.8. The fourth-order valence-corrected chi connectivity index (χ4v) is 5.86. The average molecular weight is 671 g/mol. The summed E-state index contributed by atoms with van der Waals surface area (Å²) in [4.78, 5) is 50.8. The van der Waals surface area contributed by atoms with Gasteiger partial charge < -0.3 is 30.7 Å². The number of nitrogens with one attached hydrogen (secondary N) is 4. The van der Waals surface area contributed by atoms with E-state index in [1.807, 2.05) is 48.5 Å². The number of rotatable bonds is 11. The van der Waals surface area contributed by atoms with E-state index in [2.05, 4.69) is 45.2 Å². The van der Waals surface area contributed by atoms with Crippen molar-refractivity contribution in [2.75, 3.05) is 25.6 Å². The standard InChI is InChI=1S/C40H38N4O6/c1-25(42-40(48)50-24-35-33-9-5-3-7-31(33)32-8-4-6-10-34(32)35)37(39(47)49-2)44-38(46)28-17-13-26(14-18-28)11-12-27-15-19-30(20-16-27)43-36(45)23-41-29-21-22-29/h3-10,13-20,25,29,35,37,41H,21-24H2,1-2H3,(H,42,48)(H,43,45)(H,44,46). The Hall–Kier alpha value is -5.92. The Labute approximate surface area is 291 Å². The molecule has 4 aromatic carbocycles. The Morgan fingerprint density at radius 3 is 1.94 bits per heavy atom. The van der Waals surface area contributed by atoms with Gasteiger partial charge in [0.2, 0.25) is 5.91 Å². The molecule has 0 spiro atoms. The summed E-state index contributed by atoms with van der Waals surface area (Å²) in [5.41, 5.74) is 6.83. The second-order valence-corrected chi connectivity index (χ2v) is 12.3. The van der Waals surface area contributed by atoms with Crippen LogP contribution in [0.15, 0.2) is 97.1 Å². The molecule has 6 rings (SSSR count). The molecular weight excluding hydrogens is 632 g/mol. The summed E-state index contributed by atoms with van der Waals surface area (Å²) in [5, 5.41) is 11.4. The first-order valence-electron chi connectivity index (χ1n) is 16.5. The van der Waals surface area contributed by atoms with E-state index in [0.29, 0.717) is 29.4 Å². The van der Waals surface area contributed by atoms with Gasteiger partial charge in [0.05, 0.1) is 19.7 Å². The molecule has 2 aliphatic rings. The molecule has 0 aromatic heterocycles.